The molecule has 5 heteroatoms. The molecule has 0 radical (unpaired) electrons. The summed E-state index contributed by atoms with van der Waals surface area (Å²) in [7, 11) is 1.87. The van der Waals surface area contributed by atoms with E-state index in [9.17, 15) is 4.79 Å². The molecule has 1 atom stereocenters. The highest BCUT2D eigenvalue weighted by Crippen LogP contribution is 2.13. The van der Waals surface area contributed by atoms with Crippen LogP contribution in [0.15, 0.2) is 12.3 Å². The van der Waals surface area contributed by atoms with Crippen LogP contribution in [0.2, 0.25) is 0 Å². The van der Waals surface area contributed by atoms with Gasteiger partial charge in [0, 0.05) is 24.8 Å². The molecule has 0 saturated heterocycles. The fraction of sp³-hybridized carbons (Fsp3) is 0.556. The van der Waals surface area contributed by atoms with E-state index in [1.54, 1.807) is 23.4 Å². The fourth-order valence-corrected chi connectivity index (χ4v) is 1.93. The summed E-state index contributed by atoms with van der Waals surface area (Å²) in [5.74, 6) is 0.381. The number of rotatable bonds is 5. The molecule has 1 heterocycles. The van der Waals surface area contributed by atoms with Crippen LogP contribution in [0.4, 0.5) is 0 Å². The summed E-state index contributed by atoms with van der Waals surface area (Å²) in [6.45, 7) is 1.72. The van der Waals surface area contributed by atoms with Gasteiger partial charge in [-0.3, -0.25) is 9.48 Å². The Morgan fingerprint density at radius 3 is 3.00 bits per heavy atom. The Hall–Kier alpha value is -0.970. The van der Waals surface area contributed by atoms with Crippen molar-refractivity contribution in [3.05, 3.63) is 18.0 Å². The number of thioether (sulfide) groups is 1. The largest absolute Gasteiger partial charge is 0.481 e. The smallest absolute Gasteiger partial charge is 0.307 e. The molecule has 0 spiro atoms. The van der Waals surface area contributed by atoms with E-state index in [4.69, 9.17) is 5.11 Å². The lowest BCUT2D eigenvalue weighted by atomic mass is 10.2. The molecule has 0 fully saturated rings. The van der Waals surface area contributed by atoms with Gasteiger partial charge in [-0.1, -0.05) is 6.92 Å². The van der Waals surface area contributed by atoms with Crippen LogP contribution in [0.5, 0.6) is 0 Å². The number of aromatic nitrogens is 2. The highest BCUT2D eigenvalue weighted by Gasteiger charge is 2.10. The van der Waals surface area contributed by atoms with E-state index in [2.05, 4.69) is 5.10 Å². The zero-order valence-electron chi connectivity index (χ0n) is 8.30. The van der Waals surface area contributed by atoms with Gasteiger partial charge in [-0.25, -0.2) is 0 Å². The fourth-order valence-electron chi connectivity index (χ4n) is 0.952. The van der Waals surface area contributed by atoms with Gasteiger partial charge < -0.3 is 5.11 Å². The van der Waals surface area contributed by atoms with Crippen molar-refractivity contribution < 1.29 is 9.90 Å². The molecule has 0 aromatic carbocycles. The highest BCUT2D eigenvalue weighted by molar-refractivity contribution is 7.98. The van der Waals surface area contributed by atoms with Crippen LogP contribution < -0.4 is 0 Å². The normalized spacial score (nSPS) is 12.7. The summed E-state index contributed by atoms with van der Waals surface area (Å²) in [5, 5.41) is 12.9. The molecule has 78 valence electrons. The summed E-state index contributed by atoms with van der Waals surface area (Å²) in [4.78, 5) is 10.5. The molecule has 0 amide bonds. The van der Waals surface area contributed by atoms with Gasteiger partial charge in [0.1, 0.15) is 0 Å². The second-order valence-electron chi connectivity index (χ2n) is 3.24. The van der Waals surface area contributed by atoms with E-state index in [0.717, 1.165) is 11.4 Å². The molecule has 0 aliphatic rings. The van der Waals surface area contributed by atoms with Crippen molar-refractivity contribution in [1.29, 1.82) is 0 Å². The average molecular weight is 214 g/mol. The maximum absolute atomic E-state index is 10.5. The Balaban J connectivity index is 2.25. The van der Waals surface area contributed by atoms with Crippen molar-refractivity contribution in [1.82, 2.24) is 9.78 Å². The van der Waals surface area contributed by atoms with Crippen molar-refractivity contribution in [2.45, 2.75) is 12.7 Å². The minimum Gasteiger partial charge on any atom is -0.481 e. The van der Waals surface area contributed by atoms with Crippen LogP contribution in [-0.4, -0.2) is 26.6 Å². The van der Waals surface area contributed by atoms with Gasteiger partial charge >= 0.3 is 5.97 Å². The molecule has 1 unspecified atom stereocenters. The third kappa shape index (κ3) is 3.41. The van der Waals surface area contributed by atoms with Crippen molar-refractivity contribution in [2.24, 2.45) is 13.0 Å². The predicted molar refractivity (Wildman–Crippen MR) is 56.2 cm³/mol. The molecule has 4 nitrogen and oxygen atoms in total. The second-order valence-corrected chi connectivity index (χ2v) is 4.27. The zero-order valence-corrected chi connectivity index (χ0v) is 9.12. The number of carboxylic acid groups (broad SMARTS) is 1. The number of hydrogen-bond acceptors (Lipinski definition) is 3. The Kier molecular flexibility index (Phi) is 4.00. The van der Waals surface area contributed by atoms with E-state index in [0.29, 0.717) is 5.75 Å². The SMILES string of the molecule is CC(CSCc1ccn(C)n1)C(=O)O. The van der Waals surface area contributed by atoms with E-state index in [-0.39, 0.29) is 5.92 Å². The molecular weight excluding hydrogens is 200 g/mol. The third-order valence-electron chi connectivity index (χ3n) is 1.81. The number of carbonyl (C=O) groups is 1. The molecule has 1 rings (SSSR count). The van der Waals surface area contributed by atoms with Crippen LogP contribution in [-0.2, 0) is 17.6 Å². The van der Waals surface area contributed by atoms with Crippen molar-refractivity contribution in [3.8, 4) is 0 Å². The van der Waals surface area contributed by atoms with Crippen LogP contribution in [0.1, 0.15) is 12.6 Å². The first kappa shape index (κ1) is 11.1. The van der Waals surface area contributed by atoms with E-state index in [1.807, 2.05) is 19.3 Å². The number of aryl methyl sites for hydroxylation is 1. The summed E-state index contributed by atoms with van der Waals surface area (Å²) in [6.07, 6.45) is 1.89. The van der Waals surface area contributed by atoms with E-state index >= 15 is 0 Å². The van der Waals surface area contributed by atoms with Gasteiger partial charge in [0.25, 0.3) is 0 Å². The number of aliphatic carboxylic acids is 1. The summed E-state index contributed by atoms with van der Waals surface area (Å²) >= 11 is 1.60. The molecule has 0 saturated carbocycles. The molecular formula is C9H14N2O2S. The van der Waals surface area contributed by atoms with Crippen LogP contribution >= 0.6 is 11.8 Å². The van der Waals surface area contributed by atoms with Gasteiger partial charge in [-0.15, -0.1) is 0 Å². The first-order chi connectivity index (χ1) is 6.59. The zero-order chi connectivity index (χ0) is 10.6. The molecule has 1 aromatic rings. The van der Waals surface area contributed by atoms with Gasteiger partial charge in [-0.05, 0) is 6.07 Å². The monoisotopic (exact) mass is 214 g/mol. The van der Waals surface area contributed by atoms with Crippen molar-refractivity contribution in [3.63, 3.8) is 0 Å². The topological polar surface area (TPSA) is 55.1 Å². The Bertz CT molecular complexity index is 312. The van der Waals surface area contributed by atoms with E-state index < -0.39 is 5.97 Å². The van der Waals surface area contributed by atoms with Crippen LogP contribution in [0.3, 0.4) is 0 Å². The molecule has 0 bridgehead atoms. The first-order valence-electron chi connectivity index (χ1n) is 4.38. The van der Waals surface area contributed by atoms with Gasteiger partial charge in [-0.2, -0.15) is 16.9 Å². The maximum Gasteiger partial charge on any atom is 0.307 e. The Morgan fingerprint density at radius 2 is 2.50 bits per heavy atom. The summed E-state index contributed by atoms with van der Waals surface area (Å²) < 4.78 is 1.75. The van der Waals surface area contributed by atoms with Gasteiger partial charge in [0.2, 0.25) is 0 Å². The number of carboxylic acids is 1. The van der Waals surface area contributed by atoms with E-state index in [1.165, 1.54) is 0 Å². The molecule has 1 N–H and O–H groups in total. The van der Waals surface area contributed by atoms with Gasteiger partial charge in [0.15, 0.2) is 0 Å². The van der Waals surface area contributed by atoms with Crippen LogP contribution in [0.25, 0.3) is 0 Å². The Labute approximate surface area is 87.3 Å². The summed E-state index contributed by atoms with van der Waals surface area (Å²) in [5.41, 5.74) is 0.995. The Morgan fingerprint density at radius 1 is 1.79 bits per heavy atom. The first-order valence-corrected chi connectivity index (χ1v) is 5.54. The quantitative estimate of drug-likeness (QED) is 0.804. The molecule has 1 aromatic heterocycles. The second kappa shape index (κ2) is 5.05. The molecule has 0 aliphatic heterocycles. The highest BCUT2D eigenvalue weighted by atomic mass is 32.2. The lowest BCUT2D eigenvalue weighted by Gasteiger charge is -2.03. The standard InChI is InChI=1S/C9H14N2O2S/c1-7(9(12)13)5-14-6-8-3-4-11(2)10-8/h3-4,7H,5-6H2,1-2H3,(H,12,13). The number of hydrogen-bond donors (Lipinski definition) is 1. The maximum atomic E-state index is 10.5. The minimum absolute atomic E-state index is 0.288. The van der Waals surface area contributed by atoms with Crippen molar-refractivity contribution in [2.75, 3.05) is 5.75 Å². The van der Waals surface area contributed by atoms with Crippen LogP contribution in [0, 0.1) is 5.92 Å². The van der Waals surface area contributed by atoms with Crippen molar-refractivity contribution >= 4 is 17.7 Å². The minimum atomic E-state index is -0.737. The average Bonchev–Trinajstić information content (AvgIpc) is 2.51. The lowest BCUT2D eigenvalue weighted by molar-refractivity contribution is -0.140. The summed E-state index contributed by atoms with van der Waals surface area (Å²) in [6, 6.07) is 1.94. The predicted octanol–water partition coefficient (Wildman–Crippen LogP) is 1.37. The molecule has 14 heavy (non-hydrogen) atoms. The number of nitrogens with zero attached hydrogens (tertiary/aromatic N) is 2. The van der Waals surface area contributed by atoms with Gasteiger partial charge in [0.05, 0.1) is 11.6 Å². The third-order valence-corrected chi connectivity index (χ3v) is 3.04. The lowest BCUT2D eigenvalue weighted by Crippen LogP contribution is -2.11. The molecule has 0 aliphatic carbocycles.